The first kappa shape index (κ1) is 18.4. The van der Waals surface area contributed by atoms with Crippen molar-refractivity contribution in [2.24, 2.45) is 0 Å². The highest BCUT2D eigenvalue weighted by molar-refractivity contribution is 6.03. The lowest BCUT2D eigenvalue weighted by atomic mass is 10.2. The third-order valence-electron chi connectivity index (χ3n) is 3.60. The summed E-state index contributed by atoms with van der Waals surface area (Å²) in [4.78, 5) is 16.5. The summed E-state index contributed by atoms with van der Waals surface area (Å²) in [5, 5.41) is 5.87. The second kappa shape index (κ2) is 8.31. The molecule has 3 aromatic rings. The van der Waals surface area contributed by atoms with Crippen molar-refractivity contribution >= 4 is 23.0 Å². The number of nitrogens with one attached hydrogen (secondary N) is 2. The summed E-state index contributed by atoms with van der Waals surface area (Å²) < 4.78 is 19.1. The fraction of sp³-hybridized carbons (Fsp3) is 0.143. The van der Waals surface area contributed by atoms with E-state index in [2.05, 4.69) is 15.6 Å². The third-order valence-corrected chi connectivity index (χ3v) is 3.60. The number of carbonyl (C=O) groups excluding carboxylic acids is 1. The topological polar surface area (TPSA) is 63.2 Å². The molecule has 0 unspecified atom stereocenters. The highest BCUT2D eigenvalue weighted by Gasteiger charge is 2.11. The van der Waals surface area contributed by atoms with Gasteiger partial charge in [-0.05, 0) is 56.3 Å². The number of pyridine rings is 1. The molecule has 0 aliphatic carbocycles. The summed E-state index contributed by atoms with van der Waals surface area (Å²) in [6, 6.07) is 16.7. The van der Waals surface area contributed by atoms with E-state index in [4.69, 9.17) is 4.74 Å². The number of aromatic nitrogens is 1. The molecule has 5 nitrogen and oxygen atoms in total. The monoisotopic (exact) mass is 365 g/mol. The predicted molar refractivity (Wildman–Crippen MR) is 104 cm³/mol. The van der Waals surface area contributed by atoms with Gasteiger partial charge < -0.3 is 15.4 Å². The number of anilines is 3. The van der Waals surface area contributed by atoms with Gasteiger partial charge in [-0.25, -0.2) is 4.39 Å². The number of amides is 1. The van der Waals surface area contributed by atoms with E-state index in [0.29, 0.717) is 11.4 Å². The van der Waals surface area contributed by atoms with Crippen molar-refractivity contribution in [3.8, 4) is 5.75 Å². The first-order chi connectivity index (χ1) is 13.0. The van der Waals surface area contributed by atoms with Crippen LogP contribution in [-0.2, 0) is 0 Å². The van der Waals surface area contributed by atoms with Crippen LogP contribution in [0.15, 0.2) is 66.9 Å². The maximum Gasteiger partial charge on any atom is 0.274 e. The zero-order valence-electron chi connectivity index (χ0n) is 15.1. The number of nitrogens with zero attached hydrogens (tertiary/aromatic N) is 1. The van der Waals surface area contributed by atoms with E-state index >= 15 is 0 Å². The van der Waals surface area contributed by atoms with Crippen LogP contribution in [0.2, 0.25) is 0 Å². The molecule has 0 fully saturated rings. The SMILES string of the molecule is CC(C)Oc1ccccc1Nc1ccnc(C(=O)Nc2cccc(F)c2)c1. The van der Waals surface area contributed by atoms with Crippen LogP contribution in [0.4, 0.5) is 21.5 Å². The number of para-hydroxylation sites is 2. The maximum atomic E-state index is 13.3. The molecule has 27 heavy (non-hydrogen) atoms. The van der Waals surface area contributed by atoms with Gasteiger partial charge in [0.1, 0.15) is 17.3 Å². The molecule has 0 aliphatic rings. The average Bonchev–Trinajstić information content (AvgIpc) is 2.63. The Bertz CT molecular complexity index is 944. The molecule has 1 aromatic heterocycles. The number of benzene rings is 2. The molecule has 0 spiro atoms. The van der Waals surface area contributed by atoms with Crippen molar-refractivity contribution in [3.63, 3.8) is 0 Å². The van der Waals surface area contributed by atoms with Crippen molar-refractivity contribution in [3.05, 3.63) is 78.4 Å². The first-order valence-corrected chi connectivity index (χ1v) is 8.57. The average molecular weight is 365 g/mol. The third kappa shape index (κ3) is 5.04. The molecular weight excluding hydrogens is 345 g/mol. The van der Waals surface area contributed by atoms with Gasteiger partial charge in [0.15, 0.2) is 0 Å². The smallest absolute Gasteiger partial charge is 0.274 e. The van der Waals surface area contributed by atoms with Gasteiger partial charge in [0.2, 0.25) is 0 Å². The van der Waals surface area contributed by atoms with Crippen molar-refractivity contribution in [1.82, 2.24) is 4.98 Å². The van der Waals surface area contributed by atoms with Gasteiger partial charge in [0, 0.05) is 17.6 Å². The van der Waals surface area contributed by atoms with Crippen molar-refractivity contribution < 1.29 is 13.9 Å². The number of hydrogen-bond donors (Lipinski definition) is 2. The van der Waals surface area contributed by atoms with Gasteiger partial charge in [0.05, 0.1) is 11.8 Å². The molecule has 1 heterocycles. The molecule has 6 heteroatoms. The van der Waals surface area contributed by atoms with Gasteiger partial charge in [-0.2, -0.15) is 0 Å². The molecule has 2 aromatic carbocycles. The zero-order valence-corrected chi connectivity index (χ0v) is 15.1. The minimum atomic E-state index is -0.420. The normalized spacial score (nSPS) is 10.5. The Balaban J connectivity index is 1.77. The van der Waals surface area contributed by atoms with Crippen LogP contribution in [0.5, 0.6) is 5.75 Å². The molecule has 2 N–H and O–H groups in total. The Hall–Kier alpha value is -3.41. The molecule has 138 valence electrons. The van der Waals surface area contributed by atoms with E-state index in [-0.39, 0.29) is 11.8 Å². The van der Waals surface area contributed by atoms with Crippen LogP contribution in [0.1, 0.15) is 24.3 Å². The van der Waals surface area contributed by atoms with Gasteiger partial charge in [-0.3, -0.25) is 9.78 Å². The Morgan fingerprint density at radius 3 is 2.63 bits per heavy atom. The number of carbonyl (C=O) groups is 1. The fourth-order valence-electron chi connectivity index (χ4n) is 2.48. The largest absolute Gasteiger partial charge is 0.489 e. The van der Waals surface area contributed by atoms with Crippen molar-refractivity contribution in [2.45, 2.75) is 20.0 Å². The van der Waals surface area contributed by atoms with Crippen LogP contribution >= 0.6 is 0 Å². The number of ether oxygens (including phenoxy) is 1. The number of rotatable bonds is 6. The van der Waals surface area contributed by atoms with Crippen LogP contribution in [-0.4, -0.2) is 17.0 Å². The molecule has 0 atom stereocenters. The van der Waals surface area contributed by atoms with E-state index < -0.39 is 11.7 Å². The summed E-state index contributed by atoms with van der Waals surface area (Å²) in [6.45, 7) is 3.91. The minimum Gasteiger partial charge on any atom is -0.489 e. The Morgan fingerprint density at radius 2 is 1.85 bits per heavy atom. The summed E-state index contributed by atoms with van der Waals surface area (Å²) >= 11 is 0. The van der Waals surface area contributed by atoms with E-state index in [1.165, 1.54) is 24.4 Å². The Morgan fingerprint density at radius 1 is 1.04 bits per heavy atom. The summed E-state index contributed by atoms with van der Waals surface area (Å²) in [6.07, 6.45) is 1.58. The molecule has 0 aliphatic heterocycles. The summed E-state index contributed by atoms with van der Waals surface area (Å²) in [5.74, 6) is -0.121. The maximum absolute atomic E-state index is 13.3. The molecule has 0 saturated heterocycles. The quantitative estimate of drug-likeness (QED) is 0.645. The molecule has 1 amide bonds. The summed E-state index contributed by atoms with van der Waals surface area (Å²) in [5.41, 5.74) is 2.06. The second-order valence-corrected chi connectivity index (χ2v) is 6.18. The van der Waals surface area contributed by atoms with Crippen LogP contribution in [0.25, 0.3) is 0 Å². The van der Waals surface area contributed by atoms with Gasteiger partial charge in [-0.1, -0.05) is 18.2 Å². The molecule has 0 bridgehead atoms. The molecule has 3 rings (SSSR count). The number of hydrogen-bond acceptors (Lipinski definition) is 4. The van der Waals surface area contributed by atoms with Gasteiger partial charge in [-0.15, -0.1) is 0 Å². The van der Waals surface area contributed by atoms with E-state index in [9.17, 15) is 9.18 Å². The van der Waals surface area contributed by atoms with Crippen LogP contribution < -0.4 is 15.4 Å². The Kier molecular flexibility index (Phi) is 5.66. The predicted octanol–water partition coefficient (Wildman–Crippen LogP) is 5.00. The van der Waals surface area contributed by atoms with Crippen molar-refractivity contribution in [1.29, 1.82) is 0 Å². The van der Waals surface area contributed by atoms with Gasteiger partial charge in [0.25, 0.3) is 5.91 Å². The van der Waals surface area contributed by atoms with Crippen LogP contribution in [0.3, 0.4) is 0 Å². The lowest BCUT2D eigenvalue weighted by molar-refractivity contribution is 0.102. The molecular formula is C21H20FN3O2. The van der Waals surface area contributed by atoms with E-state index in [1.807, 2.05) is 38.1 Å². The first-order valence-electron chi connectivity index (χ1n) is 8.57. The summed E-state index contributed by atoms with van der Waals surface area (Å²) in [7, 11) is 0. The Labute approximate surface area is 157 Å². The fourth-order valence-corrected chi connectivity index (χ4v) is 2.48. The lowest BCUT2D eigenvalue weighted by Crippen LogP contribution is -2.14. The minimum absolute atomic E-state index is 0.0398. The van der Waals surface area contributed by atoms with Crippen molar-refractivity contribution in [2.75, 3.05) is 10.6 Å². The molecule has 0 saturated carbocycles. The highest BCUT2D eigenvalue weighted by Crippen LogP contribution is 2.28. The van der Waals surface area contributed by atoms with E-state index in [1.54, 1.807) is 18.2 Å². The van der Waals surface area contributed by atoms with E-state index in [0.717, 1.165) is 11.4 Å². The standard InChI is InChI=1S/C21H20FN3O2/c1-14(2)27-20-9-4-3-8-18(20)24-17-10-11-23-19(13-17)21(26)25-16-7-5-6-15(22)12-16/h3-14H,1-2H3,(H,23,24)(H,25,26). The highest BCUT2D eigenvalue weighted by atomic mass is 19.1. The lowest BCUT2D eigenvalue weighted by Gasteiger charge is -2.15. The molecule has 0 radical (unpaired) electrons. The van der Waals surface area contributed by atoms with Gasteiger partial charge >= 0.3 is 0 Å². The zero-order chi connectivity index (χ0) is 19.2. The number of halogens is 1. The van der Waals surface area contributed by atoms with Crippen LogP contribution in [0, 0.1) is 5.82 Å². The second-order valence-electron chi connectivity index (χ2n) is 6.18.